The molecular weight excluding hydrogens is 216 g/mol. The molecule has 0 saturated heterocycles. The first-order valence-electron chi connectivity index (χ1n) is 7.13. The van der Waals surface area contributed by atoms with Crippen LogP contribution in [0.4, 0.5) is 0 Å². The number of benzene rings is 1. The first-order valence-corrected chi connectivity index (χ1v) is 7.13. The molecule has 1 unspecified atom stereocenters. The lowest BCUT2D eigenvalue weighted by atomic mass is 9.96. The fourth-order valence-electron chi connectivity index (χ4n) is 2.46. The molecule has 0 spiro atoms. The lowest BCUT2D eigenvalue weighted by Crippen LogP contribution is -1.93. The van der Waals surface area contributed by atoms with Crippen molar-refractivity contribution >= 4 is 0 Å². The average Bonchev–Trinajstić information content (AvgIpc) is 2.82. The molecule has 0 radical (unpaired) electrons. The van der Waals surface area contributed by atoms with E-state index < -0.39 is 0 Å². The Balaban J connectivity index is 1.87. The minimum absolute atomic E-state index is 0.684. The van der Waals surface area contributed by atoms with Gasteiger partial charge in [-0.25, -0.2) is 0 Å². The molecule has 1 aromatic carbocycles. The molecule has 0 bridgehead atoms. The average molecular weight is 240 g/mol. The van der Waals surface area contributed by atoms with Crippen molar-refractivity contribution in [2.75, 3.05) is 0 Å². The van der Waals surface area contributed by atoms with Crippen molar-refractivity contribution in [2.45, 2.75) is 52.4 Å². The first kappa shape index (κ1) is 13.1. The zero-order valence-corrected chi connectivity index (χ0v) is 11.9. The smallest absolute Gasteiger partial charge is 0.0105 e. The highest BCUT2D eigenvalue weighted by atomic mass is 14.1. The van der Waals surface area contributed by atoms with Crippen LogP contribution in [0.25, 0.3) is 0 Å². The zero-order valence-electron chi connectivity index (χ0n) is 11.9. The summed E-state index contributed by atoms with van der Waals surface area (Å²) in [5, 5.41) is 0. The maximum atomic E-state index is 2.30. The zero-order chi connectivity index (χ0) is 13.0. The van der Waals surface area contributed by atoms with Crippen LogP contribution in [0.3, 0.4) is 0 Å². The van der Waals surface area contributed by atoms with Gasteiger partial charge in [-0.2, -0.15) is 0 Å². The van der Waals surface area contributed by atoms with Crippen molar-refractivity contribution in [1.29, 1.82) is 0 Å². The van der Waals surface area contributed by atoms with Gasteiger partial charge in [0.05, 0.1) is 0 Å². The Labute approximate surface area is 111 Å². The molecule has 0 heteroatoms. The van der Waals surface area contributed by atoms with E-state index in [4.69, 9.17) is 0 Å². The topological polar surface area (TPSA) is 0 Å². The number of allylic oxidation sites excluding steroid dienone is 4. The molecule has 1 aromatic rings. The second-order valence-corrected chi connectivity index (χ2v) is 5.57. The van der Waals surface area contributed by atoms with Crippen LogP contribution in [0, 0.1) is 0 Å². The molecule has 0 fully saturated rings. The maximum absolute atomic E-state index is 2.30. The fourth-order valence-corrected chi connectivity index (χ4v) is 2.46. The summed E-state index contributed by atoms with van der Waals surface area (Å²) in [6.45, 7) is 6.76. The van der Waals surface area contributed by atoms with Crippen LogP contribution >= 0.6 is 0 Å². The van der Waals surface area contributed by atoms with Gasteiger partial charge in [0.2, 0.25) is 0 Å². The van der Waals surface area contributed by atoms with Crippen molar-refractivity contribution in [1.82, 2.24) is 0 Å². The Hall–Kier alpha value is -1.30. The molecule has 0 amide bonds. The molecule has 0 aromatic heterocycles. The molecule has 1 aliphatic carbocycles. The molecule has 96 valence electrons. The second-order valence-electron chi connectivity index (χ2n) is 5.57. The molecular formula is C18H24. The van der Waals surface area contributed by atoms with E-state index in [1.165, 1.54) is 42.4 Å². The van der Waals surface area contributed by atoms with E-state index in [0.29, 0.717) is 5.92 Å². The van der Waals surface area contributed by atoms with Crippen LogP contribution < -0.4 is 0 Å². The highest BCUT2D eigenvalue weighted by molar-refractivity contribution is 5.31. The summed E-state index contributed by atoms with van der Waals surface area (Å²) < 4.78 is 0. The van der Waals surface area contributed by atoms with Crippen LogP contribution in [0.5, 0.6) is 0 Å². The highest BCUT2D eigenvalue weighted by Gasteiger charge is 2.06. The van der Waals surface area contributed by atoms with Crippen molar-refractivity contribution in [2.24, 2.45) is 0 Å². The molecule has 0 saturated carbocycles. The van der Waals surface area contributed by atoms with Crippen LogP contribution in [0.15, 0.2) is 47.6 Å². The standard InChI is InChI=1S/C18H24/c1-4-15(3)18-11-9-16(10-12-18)7-8-17-6-5-14(2)13-17/h5-6,9-12,15H,4,7-8,13H2,1-3H3. The molecule has 1 atom stereocenters. The predicted molar refractivity (Wildman–Crippen MR) is 79.9 cm³/mol. The molecule has 0 aliphatic heterocycles. The van der Waals surface area contributed by atoms with Gasteiger partial charge in [0, 0.05) is 0 Å². The quantitative estimate of drug-likeness (QED) is 0.645. The molecule has 1 aliphatic rings. The van der Waals surface area contributed by atoms with Crippen molar-refractivity contribution in [3.63, 3.8) is 0 Å². The monoisotopic (exact) mass is 240 g/mol. The third-order valence-electron chi connectivity index (χ3n) is 4.01. The SMILES string of the molecule is CCC(C)c1ccc(CCC2=CC=C(C)C2)cc1. The Morgan fingerprint density at radius 1 is 1.06 bits per heavy atom. The molecule has 0 heterocycles. The van der Waals surface area contributed by atoms with Gasteiger partial charge in [-0.05, 0) is 49.7 Å². The van der Waals surface area contributed by atoms with Crippen LogP contribution in [0.2, 0.25) is 0 Å². The number of aryl methyl sites for hydroxylation is 1. The third kappa shape index (κ3) is 3.35. The van der Waals surface area contributed by atoms with E-state index in [1.807, 2.05) is 0 Å². The van der Waals surface area contributed by atoms with Crippen molar-refractivity contribution in [3.05, 3.63) is 58.7 Å². The van der Waals surface area contributed by atoms with E-state index in [9.17, 15) is 0 Å². The summed E-state index contributed by atoms with van der Waals surface area (Å²) in [5.74, 6) is 0.684. The second kappa shape index (κ2) is 6.04. The van der Waals surface area contributed by atoms with Gasteiger partial charge >= 0.3 is 0 Å². The number of hydrogen-bond donors (Lipinski definition) is 0. The summed E-state index contributed by atoms with van der Waals surface area (Å²) in [4.78, 5) is 0. The largest absolute Gasteiger partial charge is 0.0693 e. The van der Waals surface area contributed by atoms with E-state index in [0.717, 1.165) is 0 Å². The Morgan fingerprint density at radius 2 is 1.78 bits per heavy atom. The number of rotatable bonds is 5. The highest BCUT2D eigenvalue weighted by Crippen LogP contribution is 2.23. The van der Waals surface area contributed by atoms with E-state index >= 15 is 0 Å². The maximum Gasteiger partial charge on any atom is -0.0105 e. The van der Waals surface area contributed by atoms with Gasteiger partial charge in [0.15, 0.2) is 0 Å². The minimum Gasteiger partial charge on any atom is -0.0693 e. The summed E-state index contributed by atoms with van der Waals surface area (Å²) in [5.41, 5.74) is 6.02. The van der Waals surface area contributed by atoms with E-state index in [2.05, 4.69) is 57.2 Å². The molecule has 18 heavy (non-hydrogen) atoms. The van der Waals surface area contributed by atoms with E-state index in [-0.39, 0.29) is 0 Å². The molecule has 0 N–H and O–H groups in total. The molecule has 0 nitrogen and oxygen atoms in total. The minimum atomic E-state index is 0.684. The Kier molecular flexibility index (Phi) is 4.41. The van der Waals surface area contributed by atoms with Gasteiger partial charge in [0.1, 0.15) is 0 Å². The van der Waals surface area contributed by atoms with Gasteiger partial charge in [-0.1, -0.05) is 61.4 Å². The van der Waals surface area contributed by atoms with Crippen LogP contribution in [-0.2, 0) is 6.42 Å². The summed E-state index contributed by atoms with van der Waals surface area (Å²) >= 11 is 0. The summed E-state index contributed by atoms with van der Waals surface area (Å²) in [6, 6.07) is 9.21. The van der Waals surface area contributed by atoms with Crippen LogP contribution in [-0.4, -0.2) is 0 Å². The van der Waals surface area contributed by atoms with Gasteiger partial charge in [0.25, 0.3) is 0 Å². The Bertz CT molecular complexity index is 445. The first-order chi connectivity index (χ1) is 8.69. The third-order valence-corrected chi connectivity index (χ3v) is 4.01. The molecule has 2 rings (SSSR count). The lowest BCUT2D eigenvalue weighted by molar-refractivity contribution is 0.733. The fraction of sp³-hybridized carbons (Fsp3) is 0.444. The van der Waals surface area contributed by atoms with Crippen molar-refractivity contribution in [3.8, 4) is 0 Å². The normalized spacial score (nSPS) is 16.4. The Morgan fingerprint density at radius 3 is 2.33 bits per heavy atom. The van der Waals surface area contributed by atoms with E-state index in [1.54, 1.807) is 5.57 Å². The summed E-state index contributed by atoms with van der Waals surface area (Å²) in [7, 11) is 0. The number of hydrogen-bond acceptors (Lipinski definition) is 0. The van der Waals surface area contributed by atoms with Gasteiger partial charge in [-0.15, -0.1) is 0 Å². The lowest BCUT2D eigenvalue weighted by Gasteiger charge is -2.10. The van der Waals surface area contributed by atoms with Crippen LogP contribution in [0.1, 0.15) is 57.1 Å². The predicted octanol–water partition coefficient (Wildman–Crippen LogP) is 5.41. The van der Waals surface area contributed by atoms with Crippen molar-refractivity contribution < 1.29 is 0 Å². The van der Waals surface area contributed by atoms with Gasteiger partial charge in [-0.3, -0.25) is 0 Å². The summed E-state index contributed by atoms with van der Waals surface area (Å²) in [6.07, 6.45) is 9.33. The van der Waals surface area contributed by atoms with Gasteiger partial charge < -0.3 is 0 Å².